The van der Waals surface area contributed by atoms with Gasteiger partial charge in [0.05, 0.1) is 5.92 Å². The quantitative estimate of drug-likeness (QED) is 0.664. The van der Waals surface area contributed by atoms with Crippen molar-refractivity contribution in [2.24, 2.45) is 5.92 Å². The number of allylic oxidation sites excluding steroid dienone is 1. The summed E-state index contributed by atoms with van der Waals surface area (Å²) in [6.07, 6.45) is -2.84. The third kappa shape index (κ3) is 4.40. The van der Waals surface area contributed by atoms with Crippen LogP contribution in [0.3, 0.4) is 0 Å². The normalized spacial score (nSPS) is 22.0. The first-order chi connectivity index (χ1) is 7.59. The van der Waals surface area contributed by atoms with Crippen LogP contribution < -0.4 is 0 Å². The van der Waals surface area contributed by atoms with E-state index < -0.39 is 23.7 Å². The Bertz CT molecular complexity index is 324. The third-order valence-corrected chi connectivity index (χ3v) is 2.53. The maximum Gasteiger partial charge on any atom is 0.392 e. The lowest BCUT2D eigenvalue weighted by molar-refractivity contribution is -0.177. The van der Waals surface area contributed by atoms with Crippen LogP contribution in [0, 0.1) is 5.92 Å². The molecule has 0 fully saturated rings. The molecule has 0 aromatic rings. The first kappa shape index (κ1) is 14.1. The minimum Gasteiger partial charge on any atom is -0.457 e. The molecule has 1 aliphatic carbocycles. The number of esters is 1. The van der Waals surface area contributed by atoms with Gasteiger partial charge in [0, 0.05) is 5.57 Å². The minimum atomic E-state index is -4.17. The van der Waals surface area contributed by atoms with Crippen molar-refractivity contribution in [3.63, 3.8) is 0 Å². The molecule has 0 bridgehead atoms. The lowest BCUT2D eigenvalue weighted by Gasteiger charge is -2.25. The molecule has 17 heavy (non-hydrogen) atoms. The van der Waals surface area contributed by atoms with Gasteiger partial charge in [0.1, 0.15) is 5.60 Å². The van der Waals surface area contributed by atoms with Gasteiger partial charge in [-0.1, -0.05) is 6.08 Å². The zero-order valence-corrected chi connectivity index (χ0v) is 10.2. The van der Waals surface area contributed by atoms with E-state index in [2.05, 4.69) is 0 Å². The van der Waals surface area contributed by atoms with Crippen LogP contribution in [-0.4, -0.2) is 17.7 Å². The van der Waals surface area contributed by atoms with E-state index in [0.29, 0.717) is 5.57 Å². The van der Waals surface area contributed by atoms with Crippen molar-refractivity contribution >= 4 is 5.97 Å². The largest absolute Gasteiger partial charge is 0.457 e. The van der Waals surface area contributed by atoms with E-state index in [4.69, 9.17) is 4.74 Å². The number of carbonyl (C=O) groups excluding carboxylic acids is 1. The summed E-state index contributed by atoms with van der Waals surface area (Å²) in [6, 6.07) is 0. The predicted molar refractivity (Wildman–Crippen MR) is 57.3 cm³/mol. The summed E-state index contributed by atoms with van der Waals surface area (Å²) < 4.78 is 42.3. The SMILES string of the molecule is CC(C)(C)OC(=O)C1=CCC(C(F)(F)F)CC1. The summed E-state index contributed by atoms with van der Waals surface area (Å²) in [5, 5.41) is 0. The summed E-state index contributed by atoms with van der Waals surface area (Å²) in [7, 11) is 0. The number of hydrogen-bond acceptors (Lipinski definition) is 2. The Morgan fingerprint density at radius 3 is 2.29 bits per heavy atom. The molecule has 0 saturated carbocycles. The zero-order chi connectivity index (χ0) is 13.3. The van der Waals surface area contributed by atoms with Gasteiger partial charge in [0.15, 0.2) is 0 Å². The molecule has 0 radical (unpaired) electrons. The van der Waals surface area contributed by atoms with Crippen LogP contribution in [0.2, 0.25) is 0 Å². The molecule has 0 aliphatic heterocycles. The molecule has 0 aromatic heterocycles. The van der Waals surface area contributed by atoms with Crippen molar-refractivity contribution in [3.05, 3.63) is 11.6 Å². The van der Waals surface area contributed by atoms with Gasteiger partial charge in [0.2, 0.25) is 0 Å². The van der Waals surface area contributed by atoms with Crippen LogP contribution in [-0.2, 0) is 9.53 Å². The maximum absolute atomic E-state index is 12.4. The molecule has 1 aliphatic rings. The Morgan fingerprint density at radius 2 is 1.94 bits per heavy atom. The van der Waals surface area contributed by atoms with Gasteiger partial charge >= 0.3 is 12.1 Å². The van der Waals surface area contributed by atoms with Gasteiger partial charge in [-0.15, -0.1) is 0 Å². The molecule has 0 spiro atoms. The zero-order valence-electron chi connectivity index (χ0n) is 10.2. The highest BCUT2D eigenvalue weighted by molar-refractivity contribution is 5.88. The van der Waals surface area contributed by atoms with Gasteiger partial charge < -0.3 is 4.74 Å². The third-order valence-electron chi connectivity index (χ3n) is 2.53. The van der Waals surface area contributed by atoms with Gasteiger partial charge in [-0.2, -0.15) is 13.2 Å². The number of halogens is 3. The second-order valence-corrected chi connectivity index (χ2v) is 5.24. The van der Waals surface area contributed by atoms with Gasteiger partial charge in [-0.25, -0.2) is 4.79 Å². The number of hydrogen-bond donors (Lipinski definition) is 0. The smallest absolute Gasteiger partial charge is 0.392 e. The fourth-order valence-electron chi connectivity index (χ4n) is 1.66. The molecule has 0 heterocycles. The van der Waals surface area contributed by atoms with Crippen molar-refractivity contribution in [2.45, 2.75) is 51.8 Å². The Balaban J connectivity index is 2.60. The molecule has 1 rings (SSSR count). The molecule has 0 amide bonds. The van der Waals surface area contributed by atoms with E-state index in [1.54, 1.807) is 20.8 Å². The standard InChI is InChI=1S/C12H17F3O2/c1-11(2,3)17-10(16)8-4-6-9(7-5-8)12(13,14)15/h4,9H,5-7H2,1-3H3. The first-order valence-corrected chi connectivity index (χ1v) is 5.58. The number of alkyl halides is 3. The average molecular weight is 250 g/mol. The fraction of sp³-hybridized carbons (Fsp3) is 0.750. The molecule has 0 saturated heterocycles. The molecule has 98 valence electrons. The summed E-state index contributed by atoms with van der Waals surface area (Å²) in [6.45, 7) is 5.19. The number of rotatable bonds is 1. The van der Waals surface area contributed by atoms with E-state index in [0.717, 1.165) is 0 Å². The van der Waals surface area contributed by atoms with Crippen LogP contribution >= 0.6 is 0 Å². The fourth-order valence-corrected chi connectivity index (χ4v) is 1.66. The second kappa shape index (κ2) is 4.70. The van der Waals surface area contributed by atoms with Gasteiger partial charge in [-0.3, -0.25) is 0 Å². The van der Waals surface area contributed by atoms with Crippen LogP contribution in [0.5, 0.6) is 0 Å². The molecule has 0 aromatic carbocycles. The van der Waals surface area contributed by atoms with E-state index >= 15 is 0 Å². The number of carbonyl (C=O) groups is 1. The van der Waals surface area contributed by atoms with Crippen molar-refractivity contribution in [3.8, 4) is 0 Å². The molecule has 2 nitrogen and oxygen atoms in total. The van der Waals surface area contributed by atoms with Crippen molar-refractivity contribution in [2.75, 3.05) is 0 Å². The van der Waals surface area contributed by atoms with Crippen LogP contribution in [0.15, 0.2) is 11.6 Å². The summed E-state index contributed by atoms with van der Waals surface area (Å²) in [5.74, 6) is -1.83. The summed E-state index contributed by atoms with van der Waals surface area (Å²) >= 11 is 0. The monoisotopic (exact) mass is 250 g/mol. The van der Waals surface area contributed by atoms with Crippen LogP contribution in [0.25, 0.3) is 0 Å². The minimum absolute atomic E-state index is 0.0332. The first-order valence-electron chi connectivity index (χ1n) is 5.58. The van der Waals surface area contributed by atoms with Crippen LogP contribution in [0.4, 0.5) is 13.2 Å². The Hall–Kier alpha value is -1.00. The molecule has 5 heteroatoms. The number of ether oxygens (including phenoxy) is 1. The highest BCUT2D eigenvalue weighted by Gasteiger charge is 2.40. The lowest BCUT2D eigenvalue weighted by Crippen LogP contribution is -2.28. The highest BCUT2D eigenvalue weighted by atomic mass is 19.4. The predicted octanol–water partition coefficient (Wildman–Crippen LogP) is 3.62. The Labute approximate surface area is 98.8 Å². The van der Waals surface area contributed by atoms with Gasteiger partial charge in [-0.05, 0) is 40.0 Å². The highest BCUT2D eigenvalue weighted by Crippen LogP contribution is 2.37. The maximum atomic E-state index is 12.4. The molecular weight excluding hydrogens is 233 g/mol. The van der Waals surface area contributed by atoms with Crippen molar-refractivity contribution < 1.29 is 22.7 Å². The molecule has 1 atom stereocenters. The van der Waals surface area contributed by atoms with E-state index in [9.17, 15) is 18.0 Å². The van der Waals surface area contributed by atoms with E-state index in [1.807, 2.05) is 0 Å². The van der Waals surface area contributed by atoms with Gasteiger partial charge in [0.25, 0.3) is 0 Å². The summed E-state index contributed by atoms with van der Waals surface area (Å²) in [4.78, 5) is 11.6. The average Bonchev–Trinajstić information content (AvgIpc) is 2.14. The summed E-state index contributed by atoms with van der Waals surface area (Å²) in [5.41, 5.74) is -0.251. The van der Waals surface area contributed by atoms with Crippen molar-refractivity contribution in [1.82, 2.24) is 0 Å². The second-order valence-electron chi connectivity index (χ2n) is 5.24. The lowest BCUT2D eigenvalue weighted by atomic mass is 9.89. The molecular formula is C12H17F3O2. The van der Waals surface area contributed by atoms with E-state index in [1.165, 1.54) is 6.08 Å². The Morgan fingerprint density at radius 1 is 1.35 bits per heavy atom. The molecule has 0 N–H and O–H groups in total. The van der Waals surface area contributed by atoms with Crippen molar-refractivity contribution in [1.29, 1.82) is 0 Å². The van der Waals surface area contributed by atoms with Crippen LogP contribution in [0.1, 0.15) is 40.0 Å². The molecule has 1 unspecified atom stereocenters. The Kier molecular flexibility index (Phi) is 3.89. The van der Waals surface area contributed by atoms with E-state index in [-0.39, 0.29) is 19.3 Å². The topological polar surface area (TPSA) is 26.3 Å².